The van der Waals surface area contributed by atoms with Crippen molar-refractivity contribution < 1.29 is 4.79 Å². The van der Waals surface area contributed by atoms with E-state index in [0.29, 0.717) is 12.3 Å². The number of aromatic nitrogens is 4. The summed E-state index contributed by atoms with van der Waals surface area (Å²) in [6.45, 7) is 2.54. The van der Waals surface area contributed by atoms with Gasteiger partial charge in [-0.25, -0.2) is 4.98 Å². The molecule has 1 amide bonds. The van der Waals surface area contributed by atoms with Crippen LogP contribution in [0.5, 0.6) is 0 Å². The Labute approximate surface area is 139 Å². The molecular weight excluding hydrogens is 304 g/mol. The molecule has 24 heavy (non-hydrogen) atoms. The second kappa shape index (κ2) is 5.92. The number of fused-ring (bicyclic) bond motifs is 1. The van der Waals surface area contributed by atoms with E-state index in [1.54, 1.807) is 4.52 Å². The molecule has 4 rings (SSSR count). The summed E-state index contributed by atoms with van der Waals surface area (Å²) < 4.78 is 1.67. The van der Waals surface area contributed by atoms with Crippen LogP contribution in [0.25, 0.3) is 5.78 Å². The Morgan fingerprint density at radius 2 is 2.21 bits per heavy atom. The van der Waals surface area contributed by atoms with Crippen molar-refractivity contribution in [1.29, 1.82) is 0 Å². The summed E-state index contributed by atoms with van der Waals surface area (Å²) in [7, 11) is 0. The van der Waals surface area contributed by atoms with Crippen molar-refractivity contribution in [2.75, 3.05) is 10.6 Å². The van der Waals surface area contributed by atoms with Crippen LogP contribution in [0, 0.1) is 12.8 Å². The van der Waals surface area contributed by atoms with Crippen LogP contribution in [0.15, 0.2) is 36.7 Å². The van der Waals surface area contributed by atoms with Gasteiger partial charge in [-0.2, -0.15) is 14.6 Å². The molecule has 0 saturated heterocycles. The van der Waals surface area contributed by atoms with Crippen LogP contribution in [-0.2, 0) is 11.3 Å². The van der Waals surface area contributed by atoms with E-state index < -0.39 is 0 Å². The minimum absolute atomic E-state index is 0.120. The summed E-state index contributed by atoms with van der Waals surface area (Å²) in [5.74, 6) is 1.73. The smallest absolute Gasteiger partial charge is 0.254 e. The first-order chi connectivity index (χ1) is 11.7. The lowest BCUT2D eigenvalue weighted by molar-refractivity contribution is -0.117. The molecule has 1 aliphatic carbocycles. The second-order valence-corrected chi connectivity index (χ2v) is 6.07. The number of amides is 1. The minimum Gasteiger partial charge on any atom is -0.366 e. The highest BCUT2D eigenvalue weighted by atomic mass is 16.2. The molecule has 0 spiro atoms. The van der Waals surface area contributed by atoms with Crippen LogP contribution in [-0.4, -0.2) is 25.5 Å². The van der Waals surface area contributed by atoms with Crippen molar-refractivity contribution in [3.63, 3.8) is 0 Å². The highest BCUT2D eigenvalue weighted by Gasteiger charge is 2.29. The van der Waals surface area contributed by atoms with Crippen molar-refractivity contribution in [2.45, 2.75) is 26.3 Å². The van der Waals surface area contributed by atoms with Crippen LogP contribution in [0.4, 0.5) is 11.5 Å². The quantitative estimate of drug-likeness (QED) is 0.753. The molecule has 0 atom stereocenters. The maximum absolute atomic E-state index is 11.9. The summed E-state index contributed by atoms with van der Waals surface area (Å²) in [4.78, 5) is 20.3. The molecule has 1 aliphatic rings. The van der Waals surface area contributed by atoms with E-state index in [9.17, 15) is 4.79 Å². The van der Waals surface area contributed by atoms with Crippen LogP contribution in [0.2, 0.25) is 0 Å². The van der Waals surface area contributed by atoms with Gasteiger partial charge < -0.3 is 10.6 Å². The predicted octanol–water partition coefficient (Wildman–Crippen LogP) is 2.39. The molecule has 7 heteroatoms. The Morgan fingerprint density at radius 1 is 1.33 bits per heavy atom. The van der Waals surface area contributed by atoms with Gasteiger partial charge in [-0.3, -0.25) is 4.79 Å². The fourth-order valence-corrected chi connectivity index (χ4v) is 2.60. The molecular formula is C17H18N6O. The topological polar surface area (TPSA) is 84.2 Å². The molecule has 1 aromatic carbocycles. The number of hydrogen-bond donors (Lipinski definition) is 2. The van der Waals surface area contributed by atoms with E-state index >= 15 is 0 Å². The van der Waals surface area contributed by atoms with Gasteiger partial charge in [0.15, 0.2) is 0 Å². The van der Waals surface area contributed by atoms with Crippen LogP contribution in [0.3, 0.4) is 0 Å². The maximum atomic E-state index is 11.9. The number of aryl methyl sites for hydroxylation is 1. The summed E-state index contributed by atoms with van der Waals surface area (Å²) >= 11 is 0. The van der Waals surface area contributed by atoms with Crippen molar-refractivity contribution in [3.8, 4) is 0 Å². The van der Waals surface area contributed by atoms with Crippen molar-refractivity contribution in [1.82, 2.24) is 19.6 Å². The van der Waals surface area contributed by atoms with Gasteiger partial charge in [-0.05, 0) is 37.5 Å². The summed E-state index contributed by atoms with van der Waals surface area (Å²) in [5, 5.41) is 10.5. The number of benzene rings is 1. The Morgan fingerprint density at radius 3 is 3.04 bits per heavy atom. The molecule has 1 fully saturated rings. The third kappa shape index (κ3) is 3.05. The molecule has 122 valence electrons. The zero-order valence-corrected chi connectivity index (χ0v) is 13.4. The Balaban J connectivity index is 1.48. The minimum atomic E-state index is 0.120. The lowest BCUT2D eigenvalue weighted by Crippen LogP contribution is -2.13. The van der Waals surface area contributed by atoms with Gasteiger partial charge in [0.1, 0.15) is 12.1 Å². The van der Waals surface area contributed by atoms with Gasteiger partial charge in [-0.1, -0.05) is 12.1 Å². The maximum Gasteiger partial charge on any atom is 0.254 e. The lowest BCUT2D eigenvalue weighted by Gasteiger charge is -2.10. The van der Waals surface area contributed by atoms with Gasteiger partial charge in [0.05, 0.1) is 0 Å². The average Bonchev–Trinajstić information content (AvgIpc) is 3.32. The van der Waals surface area contributed by atoms with Crippen molar-refractivity contribution in [3.05, 3.63) is 47.9 Å². The molecule has 0 unspecified atom stereocenters. The van der Waals surface area contributed by atoms with Crippen LogP contribution < -0.4 is 10.6 Å². The first-order valence-corrected chi connectivity index (χ1v) is 8.00. The average molecular weight is 322 g/mol. The fourth-order valence-electron chi connectivity index (χ4n) is 2.60. The normalized spacial score (nSPS) is 13.9. The number of carbonyl (C=O) groups is 1. The Hall–Kier alpha value is -2.96. The molecule has 7 nitrogen and oxygen atoms in total. The van der Waals surface area contributed by atoms with E-state index in [0.717, 1.165) is 35.6 Å². The predicted molar refractivity (Wildman–Crippen MR) is 90.6 cm³/mol. The van der Waals surface area contributed by atoms with Gasteiger partial charge in [0.2, 0.25) is 5.91 Å². The molecule has 0 bridgehead atoms. The van der Waals surface area contributed by atoms with Gasteiger partial charge >= 0.3 is 0 Å². The highest BCUT2D eigenvalue weighted by molar-refractivity contribution is 5.94. The number of rotatable bonds is 5. The molecule has 3 aromatic rings. The number of hydrogen-bond acceptors (Lipinski definition) is 5. The molecule has 1 saturated carbocycles. The molecule has 0 aliphatic heterocycles. The standard InChI is InChI=1S/C17H18N6O/c1-11-7-15(23-17(21-11)19-10-20-23)18-9-12-3-2-4-14(8-12)22-16(24)13-5-6-13/h2-4,7-8,10,13,18H,5-6,9H2,1H3,(H,22,24). The SMILES string of the molecule is Cc1cc(NCc2cccc(NC(=O)C3CC3)c2)n2ncnc2n1. The van der Waals surface area contributed by atoms with Crippen LogP contribution >= 0.6 is 0 Å². The van der Waals surface area contributed by atoms with E-state index in [2.05, 4.69) is 25.7 Å². The van der Waals surface area contributed by atoms with Gasteiger partial charge in [0, 0.05) is 29.9 Å². The molecule has 2 N–H and O–H groups in total. The van der Waals surface area contributed by atoms with Crippen molar-refractivity contribution in [2.24, 2.45) is 5.92 Å². The number of nitrogens with zero attached hydrogens (tertiary/aromatic N) is 4. The third-order valence-electron chi connectivity index (χ3n) is 4.00. The molecule has 0 radical (unpaired) electrons. The van der Waals surface area contributed by atoms with Gasteiger partial charge in [0.25, 0.3) is 5.78 Å². The largest absolute Gasteiger partial charge is 0.366 e. The number of carbonyl (C=O) groups excluding carboxylic acids is 1. The van der Waals surface area contributed by atoms with E-state index in [4.69, 9.17) is 0 Å². The summed E-state index contributed by atoms with van der Waals surface area (Å²) in [5.41, 5.74) is 2.79. The monoisotopic (exact) mass is 322 g/mol. The summed E-state index contributed by atoms with van der Waals surface area (Å²) in [6.07, 6.45) is 3.49. The lowest BCUT2D eigenvalue weighted by atomic mass is 10.2. The number of nitrogens with one attached hydrogen (secondary N) is 2. The first-order valence-electron chi connectivity index (χ1n) is 8.00. The number of anilines is 2. The Bertz CT molecular complexity index is 899. The van der Waals surface area contributed by atoms with E-state index in [1.807, 2.05) is 37.3 Å². The summed E-state index contributed by atoms with van der Waals surface area (Å²) in [6, 6.07) is 9.80. The zero-order valence-electron chi connectivity index (χ0n) is 13.4. The fraction of sp³-hybridized carbons (Fsp3) is 0.294. The molecule has 2 aromatic heterocycles. The molecule has 2 heterocycles. The van der Waals surface area contributed by atoms with E-state index in [1.165, 1.54) is 6.33 Å². The van der Waals surface area contributed by atoms with Gasteiger partial charge in [-0.15, -0.1) is 0 Å². The van der Waals surface area contributed by atoms with E-state index in [-0.39, 0.29) is 11.8 Å². The van der Waals surface area contributed by atoms with Crippen LogP contribution in [0.1, 0.15) is 24.1 Å². The highest BCUT2D eigenvalue weighted by Crippen LogP contribution is 2.30. The van der Waals surface area contributed by atoms with Crippen molar-refractivity contribution >= 4 is 23.2 Å². The second-order valence-electron chi connectivity index (χ2n) is 6.07. The Kier molecular flexibility index (Phi) is 3.60. The third-order valence-corrected chi connectivity index (χ3v) is 4.00. The first kappa shape index (κ1) is 14.6. The zero-order chi connectivity index (χ0) is 16.5.